The molecule has 0 aliphatic carbocycles. The summed E-state index contributed by atoms with van der Waals surface area (Å²) < 4.78 is 42.6. The lowest BCUT2D eigenvalue weighted by atomic mass is 10.2. The molecule has 0 unspecified atom stereocenters. The minimum absolute atomic E-state index is 0.895. The molecular formula is C7H15NO3. The molecule has 0 aromatic heterocycles. The number of quaternary nitrogens is 1. The van der Waals surface area contributed by atoms with Gasteiger partial charge in [-0.2, -0.15) is 0 Å². The minimum atomic E-state index is -2.72. The van der Waals surface area contributed by atoms with Crippen molar-refractivity contribution in [2.24, 2.45) is 0 Å². The van der Waals surface area contributed by atoms with Gasteiger partial charge >= 0.3 is 0 Å². The van der Waals surface area contributed by atoms with Gasteiger partial charge in [-0.1, -0.05) is 0 Å². The number of carboxylic acid groups (broad SMARTS) is 1. The largest absolute Gasteiger partial charge is 0.550 e. The number of hydrogen-bond acceptors (Lipinski definition) is 3. The highest BCUT2D eigenvalue weighted by Gasteiger charge is 2.14. The standard InChI is InChI=1S/C7H15NO3/c1-8(2,3)5-6(9)4-7(10)11/h6,9H,4-5H2,1-3H3/t6-/m1/s1/i1D3,5D2,9D. The van der Waals surface area contributed by atoms with E-state index in [2.05, 4.69) is 5.11 Å². The van der Waals surface area contributed by atoms with Gasteiger partial charge in [0.2, 0.25) is 1.43 Å². The third-order valence-corrected chi connectivity index (χ3v) is 0.819. The molecular weight excluding hydrogens is 146 g/mol. The number of aliphatic hydroxyl groups excluding tert-OH is 1. The maximum atomic E-state index is 10.4. The van der Waals surface area contributed by atoms with Crippen LogP contribution in [0.4, 0.5) is 0 Å². The van der Waals surface area contributed by atoms with Gasteiger partial charge in [-0.15, -0.1) is 0 Å². The minimum Gasteiger partial charge on any atom is -0.550 e. The van der Waals surface area contributed by atoms with Crippen molar-refractivity contribution in [1.82, 2.24) is 0 Å². The lowest BCUT2D eigenvalue weighted by molar-refractivity contribution is -0.873. The number of carboxylic acids is 1. The first-order valence-corrected chi connectivity index (χ1v) is 3.04. The molecule has 0 rings (SSSR count). The topological polar surface area (TPSA) is 60.4 Å². The van der Waals surface area contributed by atoms with Crippen LogP contribution >= 0.6 is 0 Å². The summed E-state index contributed by atoms with van der Waals surface area (Å²) in [5.41, 5.74) is 0. The van der Waals surface area contributed by atoms with Gasteiger partial charge in [0.1, 0.15) is 12.6 Å². The molecule has 66 valence electrons. The molecule has 0 aromatic carbocycles. The molecule has 1 N–H and O–H groups in total. The van der Waals surface area contributed by atoms with Crippen molar-refractivity contribution in [3.8, 4) is 0 Å². The molecule has 0 aliphatic rings. The molecule has 0 aromatic rings. The van der Waals surface area contributed by atoms with Gasteiger partial charge in [0, 0.05) is 12.4 Å². The van der Waals surface area contributed by atoms with Gasteiger partial charge in [-0.25, -0.2) is 0 Å². The molecule has 0 aliphatic heterocycles. The van der Waals surface area contributed by atoms with E-state index in [1.807, 2.05) is 0 Å². The smallest absolute Gasteiger partial charge is 0.211 e. The summed E-state index contributed by atoms with van der Waals surface area (Å²) in [5.74, 6) is -1.61. The zero-order valence-corrected chi connectivity index (χ0v) is 6.46. The zero-order valence-electron chi connectivity index (χ0n) is 12.5. The van der Waals surface area contributed by atoms with E-state index in [1.54, 1.807) is 0 Å². The van der Waals surface area contributed by atoms with Crippen molar-refractivity contribution in [2.45, 2.75) is 12.5 Å². The van der Waals surface area contributed by atoms with E-state index in [0.717, 1.165) is 14.1 Å². The lowest BCUT2D eigenvalue weighted by Gasteiger charge is -2.26. The molecule has 0 saturated heterocycles. The van der Waals surface area contributed by atoms with Crippen molar-refractivity contribution in [1.29, 1.82) is 1.43 Å². The van der Waals surface area contributed by atoms with Crippen LogP contribution in [0.3, 0.4) is 0 Å². The second-order valence-electron chi connectivity index (χ2n) is 2.65. The number of likely N-dealkylation sites (N-methyl/N-ethyl adjacent to an activating group) is 1. The summed E-state index contributed by atoms with van der Waals surface area (Å²) in [6.07, 6.45) is -2.63. The molecule has 0 bridgehead atoms. The first kappa shape index (κ1) is 3.87. The summed E-state index contributed by atoms with van der Waals surface area (Å²) >= 11 is 0. The molecule has 11 heavy (non-hydrogen) atoms. The fourth-order valence-electron chi connectivity index (χ4n) is 0.557. The number of aliphatic carboxylic acids is 1. The van der Waals surface area contributed by atoms with E-state index in [1.165, 1.54) is 0 Å². The van der Waals surface area contributed by atoms with Crippen molar-refractivity contribution < 1.29 is 26.3 Å². The summed E-state index contributed by atoms with van der Waals surface area (Å²) in [4.78, 5) is 10.4. The number of carbonyl (C=O) groups is 1. The number of aliphatic hydroxyl groups is 1. The lowest BCUT2D eigenvalue weighted by Crippen LogP contribution is -2.43. The van der Waals surface area contributed by atoms with E-state index < -0.39 is 36.4 Å². The van der Waals surface area contributed by atoms with Crippen LogP contribution < -0.4 is 5.11 Å². The second-order valence-corrected chi connectivity index (χ2v) is 2.65. The molecule has 1 atom stereocenters. The van der Waals surface area contributed by atoms with Gasteiger partial charge in [0.25, 0.3) is 0 Å². The highest BCUT2D eigenvalue weighted by Crippen LogP contribution is 1.97. The molecule has 0 heterocycles. The summed E-state index contributed by atoms with van der Waals surface area (Å²) in [6.45, 7) is -5.29. The van der Waals surface area contributed by atoms with E-state index in [4.69, 9.17) is 8.28 Å². The quantitative estimate of drug-likeness (QED) is 0.491. The van der Waals surface area contributed by atoms with Crippen LogP contribution in [0, 0.1) is 0 Å². The van der Waals surface area contributed by atoms with E-state index in [-0.39, 0.29) is 0 Å². The third-order valence-electron chi connectivity index (χ3n) is 0.819. The van der Waals surface area contributed by atoms with Gasteiger partial charge in [0.05, 0.1) is 27.9 Å². The summed E-state index contributed by atoms with van der Waals surface area (Å²) in [6, 6.07) is 0. The van der Waals surface area contributed by atoms with E-state index >= 15 is 0 Å². The maximum absolute atomic E-state index is 10.4. The van der Waals surface area contributed by atoms with Crippen LogP contribution in [0.2, 0.25) is 0 Å². The average molecular weight is 167 g/mol. The third kappa shape index (κ3) is 7.29. The Morgan fingerprint density at radius 2 is 2.64 bits per heavy atom. The Hall–Kier alpha value is -0.610. The Bertz CT molecular complexity index is 290. The van der Waals surface area contributed by atoms with Crippen LogP contribution in [-0.4, -0.2) is 50.7 Å². The van der Waals surface area contributed by atoms with Crippen molar-refractivity contribution in [3.05, 3.63) is 0 Å². The van der Waals surface area contributed by atoms with Gasteiger partial charge < -0.3 is 19.5 Å². The highest BCUT2D eigenvalue weighted by molar-refractivity contribution is 5.64. The predicted molar refractivity (Wildman–Crippen MR) is 38.5 cm³/mol. The molecule has 0 radical (unpaired) electrons. The van der Waals surface area contributed by atoms with Crippen LogP contribution in [-0.2, 0) is 4.79 Å². The first-order chi connectivity index (χ1) is 7.38. The summed E-state index contributed by atoms with van der Waals surface area (Å²) in [5, 5.41) is 14.4. The number of hydrogen-bond donors (Lipinski definition) is 1. The Kier molecular flexibility index (Phi) is 1.30. The molecule has 0 saturated carbocycles. The Balaban J connectivity index is 5.28. The van der Waals surface area contributed by atoms with Gasteiger partial charge in [-0.3, -0.25) is 0 Å². The Morgan fingerprint density at radius 3 is 3.00 bits per heavy atom. The molecule has 0 amide bonds. The van der Waals surface area contributed by atoms with E-state index in [0.29, 0.717) is 0 Å². The average Bonchev–Trinajstić information content (AvgIpc) is 2.11. The van der Waals surface area contributed by atoms with Gasteiger partial charge in [0.15, 0.2) is 0 Å². The summed E-state index contributed by atoms with van der Waals surface area (Å²) in [7, 11) is 2.16. The maximum Gasteiger partial charge on any atom is 0.211 e. The highest BCUT2D eigenvalue weighted by atomic mass is 16.4. The second kappa shape index (κ2) is 3.69. The zero-order chi connectivity index (χ0) is 14.1. The van der Waals surface area contributed by atoms with Crippen LogP contribution in [0.25, 0.3) is 0 Å². The van der Waals surface area contributed by atoms with Crippen molar-refractivity contribution in [2.75, 3.05) is 27.6 Å². The molecule has 4 nitrogen and oxygen atoms in total. The fraction of sp³-hybridized carbons (Fsp3) is 0.857. The number of rotatable bonds is 5. The van der Waals surface area contributed by atoms with Crippen LogP contribution in [0.5, 0.6) is 0 Å². The first-order valence-electron chi connectivity index (χ1n) is 5.94. The Labute approximate surface area is 75.2 Å². The monoisotopic (exact) mass is 167 g/mol. The molecule has 0 fully saturated rings. The number of nitrogens with zero attached hydrogens (tertiary/aromatic N) is 1. The molecule has 0 spiro atoms. The molecule has 4 heteroatoms. The Morgan fingerprint density at radius 1 is 2.00 bits per heavy atom. The van der Waals surface area contributed by atoms with Crippen molar-refractivity contribution in [3.63, 3.8) is 0 Å². The SMILES string of the molecule is [2H]O[C@H](CC(=O)[O-])C([2H])([2H])[N+](C)(C)C([2H])([2H])[2H]. The number of carbonyl (C=O) groups excluding carboxylic acids is 1. The predicted octanol–water partition coefficient (Wildman–Crippen LogP) is -1.81. The van der Waals surface area contributed by atoms with E-state index in [9.17, 15) is 9.90 Å². The van der Waals surface area contributed by atoms with Crippen LogP contribution in [0.1, 0.15) is 13.3 Å². The van der Waals surface area contributed by atoms with Gasteiger partial charge in [-0.05, 0) is 0 Å². The normalized spacial score (nSPS) is 24.9. The fourth-order valence-corrected chi connectivity index (χ4v) is 0.557. The van der Waals surface area contributed by atoms with Crippen molar-refractivity contribution >= 4 is 5.97 Å². The van der Waals surface area contributed by atoms with Crippen LogP contribution in [0.15, 0.2) is 0 Å².